The largest absolute Gasteiger partial charge is 0.508 e. The first-order valence-electron chi connectivity index (χ1n) is 10.1. The summed E-state index contributed by atoms with van der Waals surface area (Å²) in [6.45, 7) is 7.35. The number of esters is 1. The van der Waals surface area contributed by atoms with Gasteiger partial charge in [0.1, 0.15) is 5.75 Å². The van der Waals surface area contributed by atoms with Crippen molar-refractivity contribution in [3.05, 3.63) is 58.2 Å². The van der Waals surface area contributed by atoms with Crippen molar-refractivity contribution >= 4 is 40.9 Å². The predicted octanol–water partition coefficient (Wildman–Crippen LogP) is 4.73. The van der Waals surface area contributed by atoms with E-state index in [0.717, 1.165) is 40.9 Å². The highest BCUT2D eigenvalue weighted by Gasteiger charge is 2.26. The number of carbonyl (C=O) groups excluding carboxylic acids is 1. The smallest absolute Gasteiger partial charge is 0.340 e. The summed E-state index contributed by atoms with van der Waals surface area (Å²) in [4.78, 5) is 15.2. The molecule has 0 saturated carbocycles. The number of benzene rings is 2. The van der Waals surface area contributed by atoms with Crippen LogP contribution in [0, 0.1) is 6.92 Å². The van der Waals surface area contributed by atoms with E-state index in [-0.39, 0.29) is 24.8 Å². The molecule has 1 aliphatic rings. The molecule has 31 heavy (non-hydrogen) atoms. The van der Waals surface area contributed by atoms with Crippen molar-refractivity contribution in [2.75, 3.05) is 32.9 Å². The van der Waals surface area contributed by atoms with Gasteiger partial charge in [-0.2, -0.15) is 0 Å². The summed E-state index contributed by atoms with van der Waals surface area (Å²) in [5, 5.41) is 12.1. The molecule has 1 aromatic heterocycles. The lowest BCUT2D eigenvalue weighted by atomic mass is 10.0. The standard InChI is InChI=1S/C23H25ClN2O4.ClH/c1-3-30-23(28)21-15(2)26(17-6-4-5-16(24)13-17)19-7-8-20(27)18(22(19)21)14-25-9-11-29-12-10-25;/h4-8,13,27H,3,9-12,14H2,1-2H3;1H. The third-order valence-corrected chi connectivity index (χ3v) is 5.72. The van der Waals surface area contributed by atoms with Gasteiger partial charge in [0, 0.05) is 47.0 Å². The van der Waals surface area contributed by atoms with Gasteiger partial charge in [0.2, 0.25) is 0 Å². The molecule has 1 aliphatic heterocycles. The second-order valence-corrected chi connectivity index (χ2v) is 7.78. The van der Waals surface area contributed by atoms with Gasteiger partial charge >= 0.3 is 5.97 Å². The SMILES string of the molecule is CCOC(=O)c1c(C)n(-c2cccc(Cl)c2)c2ccc(O)c(CN3CCOCC3)c12.Cl. The Kier molecular flexibility index (Phi) is 7.49. The van der Waals surface area contributed by atoms with E-state index >= 15 is 0 Å². The van der Waals surface area contributed by atoms with E-state index < -0.39 is 5.97 Å². The van der Waals surface area contributed by atoms with Gasteiger partial charge in [-0.05, 0) is 44.2 Å². The zero-order valence-corrected chi connectivity index (χ0v) is 19.1. The summed E-state index contributed by atoms with van der Waals surface area (Å²) in [5.41, 5.74) is 3.63. The van der Waals surface area contributed by atoms with E-state index in [1.807, 2.05) is 41.8 Å². The van der Waals surface area contributed by atoms with Gasteiger partial charge in [-0.1, -0.05) is 17.7 Å². The molecular weight excluding hydrogens is 439 g/mol. The second kappa shape index (κ2) is 9.92. The number of rotatable bonds is 5. The summed E-state index contributed by atoms with van der Waals surface area (Å²) in [6.07, 6.45) is 0. The van der Waals surface area contributed by atoms with E-state index in [1.165, 1.54) is 0 Å². The number of hydrogen-bond donors (Lipinski definition) is 1. The highest BCUT2D eigenvalue weighted by atomic mass is 35.5. The average Bonchev–Trinajstić information content (AvgIpc) is 3.03. The van der Waals surface area contributed by atoms with Crippen LogP contribution in [0.5, 0.6) is 5.75 Å². The van der Waals surface area contributed by atoms with Gasteiger partial charge in [-0.15, -0.1) is 12.4 Å². The lowest BCUT2D eigenvalue weighted by Gasteiger charge is -2.27. The number of ether oxygens (including phenoxy) is 2. The monoisotopic (exact) mass is 464 g/mol. The molecule has 1 saturated heterocycles. The van der Waals surface area contributed by atoms with Crippen LogP contribution in [0.2, 0.25) is 5.02 Å². The highest BCUT2D eigenvalue weighted by molar-refractivity contribution is 6.30. The fourth-order valence-electron chi connectivity index (χ4n) is 4.11. The van der Waals surface area contributed by atoms with Gasteiger partial charge in [0.15, 0.2) is 0 Å². The van der Waals surface area contributed by atoms with Crippen LogP contribution in [0.1, 0.15) is 28.5 Å². The summed E-state index contributed by atoms with van der Waals surface area (Å²) >= 11 is 6.24. The second-order valence-electron chi connectivity index (χ2n) is 7.34. The minimum Gasteiger partial charge on any atom is -0.508 e. The molecule has 0 amide bonds. The molecule has 0 bridgehead atoms. The average molecular weight is 465 g/mol. The molecule has 166 valence electrons. The third-order valence-electron chi connectivity index (χ3n) is 5.49. The third kappa shape index (κ3) is 4.53. The van der Waals surface area contributed by atoms with Crippen LogP contribution in [0.4, 0.5) is 0 Å². The fraction of sp³-hybridized carbons (Fsp3) is 0.348. The molecular formula is C23H26Cl2N2O4. The number of phenols is 1. The first-order valence-corrected chi connectivity index (χ1v) is 10.5. The number of carbonyl (C=O) groups is 1. The Morgan fingerprint density at radius 3 is 2.65 bits per heavy atom. The summed E-state index contributed by atoms with van der Waals surface area (Å²) < 4.78 is 12.8. The number of nitrogens with zero attached hydrogens (tertiary/aromatic N) is 2. The first-order chi connectivity index (χ1) is 14.5. The predicted molar refractivity (Wildman–Crippen MR) is 124 cm³/mol. The Balaban J connectivity index is 0.00000272. The van der Waals surface area contributed by atoms with Crippen molar-refractivity contribution in [3.8, 4) is 11.4 Å². The molecule has 6 nitrogen and oxygen atoms in total. The maximum absolute atomic E-state index is 13.0. The number of aromatic nitrogens is 1. The van der Waals surface area contributed by atoms with E-state index in [0.29, 0.717) is 30.3 Å². The van der Waals surface area contributed by atoms with Crippen molar-refractivity contribution < 1.29 is 19.4 Å². The summed E-state index contributed by atoms with van der Waals surface area (Å²) in [5.74, 6) is -0.225. The zero-order valence-electron chi connectivity index (χ0n) is 17.6. The first kappa shape index (κ1) is 23.4. The summed E-state index contributed by atoms with van der Waals surface area (Å²) in [6, 6.07) is 11.0. The number of halogens is 2. The van der Waals surface area contributed by atoms with Crippen molar-refractivity contribution in [3.63, 3.8) is 0 Å². The normalized spacial score (nSPS) is 14.4. The van der Waals surface area contributed by atoms with E-state index in [9.17, 15) is 9.90 Å². The van der Waals surface area contributed by atoms with Crippen molar-refractivity contribution in [1.82, 2.24) is 9.47 Å². The molecule has 2 aromatic carbocycles. The van der Waals surface area contributed by atoms with Gasteiger partial charge in [-0.25, -0.2) is 4.79 Å². The Morgan fingerprint density at radius 2 is 1.97 bits per heavy atom. The Morgan fingerprint density at radius 1 is 1.23 bits per heavy atom. The van der Waals surface area contributed by atoms with Gasteiger partial charge in [0.25, 0.3) is 0 Å². The minimum absolute atomic E-state index is 0. The zero-order chi connectivity index (χ0) is 21.3. The molecule has 1 N–H and O–H groups in total. The van der Waals surface area contributed by atoms with Crippen LogP contribution in [0.15, 0.2) is 36.4 Å². The summed E-state index contributed by atoms with van der Waals surface area (Å²) in [7, 11) is 0. The van der Waals surface area contributed by atoms with Crippen molar-refractivity contribution in [1.29, 1.82) is 0 Å². The van der Waals surface area contributed by atoms with E-state index in [1.54, 1.807) is 13.0 Å². The molecule has 0 atom stereocenters. The molecule has 0 spiro atoms. The maximum Gasteiger partial charge on any atom is 0.340 e. The molecule has 2 heterocycles. The Bertz CT molecular complexity index is 1090. The van der Waals surface area contributed by atoms with Crippen LogP contribution in [-0.2, 0) is 16.0 Å². The molecule has 0 radical (unpaired) electrons. The molecule has 0 unspecified atom stereocenters. The van der Waals surface area contributed by atoms with Gasteiger partial charge in [-0.3, -0.25) is 4.90 Å². The Hall–Kier alpha value is -2.25. The number of hydrogen-bond acceptors (Lipinski definition) is 5. The molecule has 8 heteroatoms. The maximum atomic E-state index is 13.0. The van der Waals surface area contributed by atoms with Gasteiger partial charge < -0.3 is 19.1 Å². The quantitative estimate of drug-likeness (QED) is 0.552. The Labute approximate surface area is 192 Å². The number of morpholine rings is 1. The van der Waals surface area contributed by atoms with E-state index in [2.05, 4.69) is 4.90 Å². The molecule has 1 fully saturated rings. The lowest BCUT2D eigenvalue weighted by molar-refractivity contribution is 0.0340. The number of phenolic OH excluding ortho intramolecular Hbond substituents is 1. The van der Waals surface area contributed by atoms with Crippen LogP contribution in [-0.4, -0.2) is 53.5 Å². The van der Waals surface area contributed by atoms with Crippen LogP contribution < -0.4 is 0 Å². The van der Waals surface area contributed by atoms with E-state index in [4.69, 9.17) is 21.1 Å². The molecule has 3 aromatic rings. The number of fused-ring (bicyclic) bond motifs is 1. The number of aromatic hydroxyl groups is 1. The van der Waals surface area contributed by atoms with Crippen molar-refractivity contribution in [2.24, 2.45) is 0 Å². The van der Waals surface area contributed by atoms with Crippen LogP contribution in [0.25, 0.3) is 16.6 Å². The topological polar surface area (TPSA) is 63.9 Å². The van der Waals surface area contributed by atoms with Gasteiger partial charge in [0.05, 0.1) is 30.9 Å². The molecule has 0 aliphatic carbocycles. The molecule has 4 rings (SSSR count). The fourth-order valence-corrected chi connectivity index (χ4v) is 4.29. The van der Waals surface area contributed by atoms with Crippen LogP contribution in [0.3, 0.4) is 0 Å². The van der Waals surface area contributed by atoms with Crippen LogP contribution >= 0.6 is 24.0 Å². The minimum atomic E-state index is -0.394. The van der Waals surface area contributed by atoms with Crippen molar-refractivity contribution in [2.45, 2.75) is 20.4 Å². The highest BCUT2D eigenvalue weighted by Crippen LogP contribution is 2.37. The lowest BCUT2D eigenvalue weighted by Crippen LogP contribution is -2.35.